The molecule has 0 spiro atoms. The highest BCUT2D eigenvalue weighted by Crippen LogP contribution is 2.38. The Morgan fingerprint density at radius 2 is 2.18 bits per heavy atom. The standard InChI is InChI=1S/C20H20FN5OS/c21-17-11-9-24-20(27)16(11)18(15-7-10-8-23-6-5-14(10)28-15)26-19(17)25-13-4-2-1-3-12(13)22/h5-8,12-13H,1-4,9,22H2,(H,24,27)(H,25,26)/t12-,13+/m0/s1. The number of pyridine rings is 2. The Bertz CT molecular complexity index is 1050. The number of thiophene rings is 1. The number of nitrogens with one attached hydrogen (secondary N) is 2. The summed E-state index contributed by atoms with van der Waals surface area (Å²) in [7, 11) is 0. The van der Waals surface area contributed by atoms with Crippen LogP contribution in [0, 0.1) is 5.82 Å². The molecule has 1 aliphatic heterocycles. The maximum absolute atomic E-state index is 15.2. The van der Waals surface area contributed by atoms with E-state index in [-0.39, 0.29) is 30.4 Å². The molecule has 1 amide bonds. The Hall–Kier alpha value is -2.58. The van der Waals surface area contributed by atoms with E-state index in [1.807, 2.05) is 12.1 Å². The SMILES string of the molecule is N[C@H]1CCCC[C@H]1Nc1nc(-c2cc3cnccc3s2)c2c(c1F)CNC2=O. The molecule has 0 aromatic carbocycles. The first kappa shape index (κ1) is 17.5. The molecule has 8 heteroatoms. The highest BCUT2D eigenvalue weighted by atomic mass is 32.1. The summed E-state index contributed by atoms with van der Waals surface area (Å²) in [6, 6.07) is 3.84. The van der Waals surface area contributed by atoms with Gasteiger partial charge in [-0.15, -0.1) is 11.3 Å². The van der Waals surface area contributed by atoms with Crippen LogP contribution in [-0.4, -0.2) is 28.0 Å². The predicted octanol–water partition coefficient (Wildman–Crippen LogP) is 3.42. The van der Waals surface area contributed by atoms with Crippen molar-refractivity contribution in [1.29, 1.82) is 0 Å². The molecule has 2 atom stereocenters. The van der Waals surface area contributed by atoms with E-state index in [1.54, 1.807) is 12.4 Å². The van der Waals surface area contributed by atoms with Crippen molar-refractivity contribution in [2.45, 2.75) is 44.3 Å². The number of amides is 1. The second-order valence-electron chi connectivity index (χ2n) is 7.38. The molecular formula is C20H20FN5OS. The van der Waals surface area contributed by atoms with E-state index >= 15 is 4.39 Å². The third-order valence-electron chi connectivity index (χ3n) is 5.58. The highest BCUT2D eigenvalue weighted by molar-refractivity contribution is 7.22. The fourth-order valence-electron chi connectivity index (χ4n) is 4.07. The Morgan fingerprint density at radius 1 is 1.32 bits per heavy atom. The van der Waals surface area contributed by atoms with Gasteiger partial charge in [0.15, 0.2) is 11.6 Å². The van der Waals surface area contributed by atoms with E-state index in [1.165, 1.54) is 11.3 Å². The lowest BCUT2D eigenvalue weighted by molar-refractivity contribution is 0.0966. The number of hydrogen-bond acceptors (Lipinski definition) is 6. The number of carbonyl (C=O) groups is 1. The molecule has 1 fully saturated rings. The van der Waals surface area contributed by atoms with Crippen LogP contribution in [0.15, 0.2) is 24.5 Å². The number of rotatable bonds is 3. The summed E-state index contributed by atoms with van der Waals surface area (Å²) in [6.07, 6.45) is 7.47. The van der Waals surface area contributed by atoms with E-state index in [0.29, 0.717) is 16.8 Å². The topological polar surface area (TPSA) is 92.9 Å². The van der Waals surface area contributed by atoms with Gasteiger partial charge in [-0.3, -0.25) is 9.78 Å². The first-order chi connectivity index (χ1) is 13.6. The molecule has 0 radical (unpaired) electrons. The molecule has 3 aromatic rings. The minimum atomic E-state index is -0.461. The molecule has 1 aliphatic carbocycles. The summed E-state index contributed by atoms with van der Waals surface area (Å²) >= 11 is 1.52. The fourth-order valence-corrected chi connectivity index (χ4v) is 5.09. The normalized spacial score (nSPS) is 21.6. The molecule has 144 valence electrons. The maximum Gasteiger partial charge on any atom is 0.254 e. The van der Waals surface area contributed by atoms with E-state index < -0.39 is 5.82 Å². The summed E-state index contributed by atoms with van der Waals surface area (Å²) in [5, 5.41) is 6.94. The van der Waals surface area contributed by atoms with E-state index in [9.17, 15) is 4.79 Å². The largest absolute Gasteiger partial charge is 0.363 e. The molecule has 5 rings (SSSR count). The van der Waals surface area contributed by atoms with Gasteiger partial charge in [0.2, 0.25) is 0 Å². The number of carbonyl (C=O) groups excluding carboxylic acids is 1. The smallest absolute Gasteiger partial charge is 0.254 e. The monoisotopic (exact) mass is 397 g/mol. The Morgan fingerprint density at radius 3 is 3.00 bits per heavy atom. The molecule has 6 nitrogen and oxygen atoms in total. The summed E-state index contributed by atoms with van der Waals surface area (Å²) in [5.74, 6) is -0.561. The number of halogens is 1. The molecule has 3 aromatic heterocycles. The zero-order valence-corrected chi connectivity index (χ0v) is 16.0. The molecule has 4 heterocycles. The number of nitrogens with zero attached hydrogens (tertiary/aromatic N) is 2. The molecule has 0 bridgehead atoms. The van der Waals surface area contributed by atoms with Crippen LogP contribution in [0.25, 0.3) is 20.7 Å². The van der Waals surface area contributed by atoms with E-state index in [2.05, 4.69) is 20.6 Å². The van der Waals surface area contributed by atoms with Gasteiger partial charge in [0.05, 0.1) is 16.1 Å². The fraction of sp³-hybridized carbons (Fsp3) is 0.350. The second-order valence-corrected chi connectivity index (χ2v) is 8.47. The highest BCUT2D eigenvalue weighted by Gasteiger charge is 2.32. The zero-order valence-electron chi connectivity index (χ0n) is 15.2. The molecule has 28 heavy (non-hydrogen) atoms. The van der Waals surface area contributed by atoms with Crippen molar-refractivity contribution in [1.82, 2.24) is 15.3 Å². The minimum Gasteiger partial charge on any atom is -0.363 e. The summed E-state index contributed by atoms with van der Waals surface area (Å²) in [6.45, 7) is 0.174. The van der Waals surface area contributed by atoms with Crippen LogP contribution in [-0.2, 0) is 6.54 Å². The molecule has 0 saturated heterocycles. The van der Waals surface area contributed by atoms with Crippen molar-refractivity contribution in [3.63, 3.8) is 0 Å². The summed E-state index contributed by atoms with van der Waals surface area (Å²) in [5.41, 5.74) is 7.44. The Labute approximate surface area is 165 Å². The van der Waals surface area contributed by atoms with Crippen molar-refractivity contribution in [2.75, 3.05) is 5.32 Å². The minimum absolute atomic E-state index is 0.0154. The van der Waals surface area contributed by atoms with Gasteiger partial charge in [-0.25, -0.2) is 9.37 Å². The lowest BCUT2D eigenvalue weighted by Gasteiger charge is -2.30. The number of fused-ring (bicyclic) bond motifs is 2. The van der Waals surface area contributed by atoms with Crippen LogP contribution in [0.3, 0.4) is 0 Å². The van der Waals surface area contributed by atoms with Gasteiger partial charge in [-0.05, 0) is 25.0 Å². The van der Waals surface area contributed by atoms with Crippen LogP contribution < -0.4 is 16.4 Å². The van der Waals surface area contributed by atoms with Crippen LogP contribution in [0.2, 0.25) is 0 Å². The van der Waals surface area contributed by atoms with Crippen molar-refractivity contribution < 1.29 is 9.18 Å². The average molecular weight is 397 g/mol. The lowest BCUT2D eigenvalue weighted by Crippen LogP contribution is -2.43. The van der Waals surface area contributed by atoms with Gasteiger partial charge in [-0.2, -0.15) is 0 Å². The number of aromatic nitrogens is 2. The third-order valence-corrected chi connectivity index (χ3v) is 6.70. The van der Waals surface area contributed by atoms with E-state index in [4.69, 9.17) is 5.73 Å². The van der Waals surface area contributed by atoms with Crippen molar-refractivity contribution >= 4 is 33.1 Å². The molecule has 2 aliphatic rings. The quantitative estimate of drug-likeness (QED) is 0.630. The molecule has 1 saturated carbocycles. The summed E-state index contributed by atoms with van der Waals surface area (Å²) < 4.78 is 16.2. The van der Waals surface area contributed by atoms with Crippen LogP contribution in [0.5, 0.6) is 0 Å². The van der Waals surface area contributed by atoms with Gasteiger partial charge >= 0.3 is 0 Å². The Balaban J connectivity index is 1.63. The molecular weight excluding hydrogens is 377 g/mol. The van der Waals surface area contributed by atoms with Crippen molar-refractivity contribution in [3.8, 4) is 10.6 Å². The molecule has 0 unspecified atom stereocenters. The van der Waals surface area contributed by atoms with Crippen LogP contribution in [0.4, 0.5) is 10.2 Å². The number of hydrogen-bond donors (Lipinski definition) is 3. The van der Waals surface area contributed by atoms with Gasteiger partial charge < -0.3 is 16.4 Å². The first-order valence-electron chi connectivity index (χ1n) is 9.48. The van der Waals surface area contributed by atoms with Gasteiger partial charge in [-0.1, -0.05) is 12.8 Å². The predicted molar refractivity (Wildman–Crippen MR) is 108 cm³/mol. The zero-order chi connectivity index (χ0) is 19.3. The number of anilines is 1. The van der Waals surface area contributed by atoms with Gasteiger partial charge in [0.25, 0.3) is 5.91 Å². The van der Waals surface area contributed by atoms with Crippen molar-refractivity contribution in [2.24, 2.45) is 5.73 Å². The first-order valence-corrected chi connectivity index (χ1v) is 10.3. The van der Waals surface area contributed by atoms with Gasteiger partial charge in [0.1, 0.15) is 0 Å². The second kappa shape index (κ2) is 6.79. The third kappa shape index (κ3) is 2.84. The summed E-state index contributed by atoms with van der Waals surface area (Å²) in [4.78, 5) is 22.0. The average Bonchev–Trinajstić information content (AvgIpc) is 3.30. The van der Waals surface area contributed by atoms with Crippen LogP contribution in [0.1, 0.15) is 41.6 Å². The number of nitrogens with two attached hydrogens (primary N) is 1. The Kier molecular flexibility index (Phi) is 4.25. The van der Waals surface area contributed by atoms with E-state index in [0.717, 1.165) is 40.6 Å². The molecule has 4 N–H and O–H groups in total. The van der Waals surface area contributed by atoms with Gasteiger partial charge in [0, 0.05) is 46.7 Å². The maximum atomic E-state index is 15.2. The van der Waals surface area contributed by atoms with Crippen LogP contribution >= 0.6 is 11.3 Å². The van der Waals surface area contributed by atoms with Crippen molar-refractivity contribution in [3.05, 3.63) is 41.5 Å². The lowest BCUT2D eigenvalue weighted by atomic mass is 9.91.